The van der Waals surface area contributed by atoms with Crippen LogP contribution in [0.3, 0.4) is 0 Å². The molecule has 0 amide bonds. The van der Waals surface area contributed by atoms with Crippen molar-refractivity contribution in [3.05, 3.63) is 86.5 Å². The molecule has 0 aliphatic heterocycles. The average Bonchev–Trinajstić information content (AvgIpc) is 2.63. The minimum absolute atomic E-state index is 0. The van der Waals surface area contributed by atoms with E-state index in [1.807, 2.05) is 0 Å². The molecule has 0 saturated carbocycles. The first-order valence-electron chi connectivity index (χ1n) is 12.4. The number of aryl methyl sites for hydroxylation is 9. The van der Waals surface area contributed by atoms with Crippen molar-refractivity contribution in [3.63, 3.8) is 0 Å². The summed E-state index contributed by atoms with van der Waals surface area (Å²) < 4.78 is 0. The van der Waals surface area contributed by atoms with E-state index in [0.717, 1.165) is 0 Å². The van der Waals surface area contributed by atoms with E-state index in [1.165, 1.54) is 69.2 Å². The Balaban J connectivity index is 0.00000385. The molecular formula is C31H42BLi. The van der Waals surface area contributed by atoms with E-state index in [0.29, 0.717) is 0 Å². The zero-order chi connectivity index (χ0) is 23.8. The van der Waals surface area contributed by atoms with Crippen LogP contribution in [-0.4, -0.2) is 6.15 Å². The predicted octanol–water partition coefficient (Wildman–Crippen LogP) is 3.74. The Bertz CT molecular complexity index is 947. The molecule has 33 heavy (non-hydrogen) atoms. The van der Waals surface area contributed by atoms with E-state index in [9.17, 15) is 0 Å². The Morgan fingerprint density at radius 2 is 0.727 bits per heavy atom. The second kappa shape index (κ2) is 10.7. The van der Waals surface area contributed by atoms with Crippen LogP contribution in [0.15, 0.2) is 36.4 Å². The van der Waals surface area contributed by atoms with Crippen LogP contribution in [0.4, 0.5) is 0 Å². The monoisotopic (exact) mass is 432 g/mol. The van der Waals surface area contributed by atoms with E-state index in [2.05, 4.69) is 106 Å². The second-order valence-electron chi connectivity index (χ2n) is 10.6. The molecule has 0 atom stereocenters. The molecule has 0 fully saturated rings. The number of unbranched alkanes of at least 4 members (excludes halogenated alkanes) is 1. The summed E-state index contributed by atoms with van der Waals surface area (Å²) in [7, 11) is 0. The maximum absolute atomic E-state index is 2.41. The number of hydrogen-bond acceptors (Lipinski definition) is 0. The fourth-order valence-corrected chi connectivity index (χ4v) is 7.28. The maximum Gasteiger partial charge on any atom is 1.00 e. The van der Waals surface area contributed by atoms with Gasteiger partial charge in [-0.25, -0.2) is 0 Å². The Hall–Kier alpha value is -1.68. The molecule has 3 rings (SSSR count). The summed E-state index contributed by atoms with van der Waals surface area (Å²) in [5.74, 6) is 0. The van der Waals surface area contributed by atoms with Crippen LogP contribution >= 0.6 is 0 Å². The number of benzene rings is 3. The summed E-state index contributed by atoms with van der Waals surface area (Å²) in [6.45, 7) is 23.1. The molecule has 0 aromatic heterocycles. The van der Waals surface area contributed by atoms with Crippen molar-refractivity contribution in [2.45, 2.75) is 88.4 Å². The average molecular weight is 432 g/mol. The van der Waals surface area contributed by atoms with Crippen molar-refractivity contribution in [1.29, 1.82) is 0 Å². The summed E-state index contributed by atoms with van der Waals surface area (Å²) in [6, 6.07) is 14.4. The van der Waals surface area contributed by atoms with Gasteiger partial charge in [-0.15, -0.1) is 0 Å². The van der Waals surface area contributed by atoms with E-state index < -0.39 is 6.15 Å². The van der Waals surface area contributed by atoms with Crippen LogP contribution in [0.1, 0.15) is 69.8 Å². The molecule has 0 heterocycles. The van der Waals surface area contributed by atoms with Crippen LogP contribution < -0.4 is 35.2 Å². The third-order valence-corrected chi connectivity index (χ3v) is 7.68. The van der Waals surface area contributed by atoms with E-state index >= 15 is 0 Å². The molecule has 2 heteroatoms. The van der Waals surface area contributed by atoms with Crippen LogP contribution in [0.5, 0.6) is 0 Å². The van der Waals surface area contributed by atoms with Gasteiger partial charge in [-0.3, -0.25) is 0 Å². The van der Waals surface area contributed by atoms with Gasteiger partial charge in [-0.05, 0) is 62.3 Å². The third-order valence-electron chi connectivity index (χ3n) is 7.68. The van der Waals surface area contributed by atoms with E-state index in [4.69, 9.17) is 0 Å². The maximum atomic E-state index is 2.41. The van der Waals surface area contributed by atoms with Gasteiger partial charge in [0.05, 0.1) is 6.15 Å². The number of hydrogen-bond donors (Lipinski definition) is 0. The molecule has 0 saturated heterocycles. The van der Waals surface area contributed by atoms with Gasteiger partial charge in [0.15, 0.2) is 0 Å². The fraction of sp³-hybridized carbons (Fsp3) is 0.419. The Kier molecular flexibility index (Phi) is 8.95. The predicted molar refractivity (Wildman–Crippen MR) is 146 cm³/mol. The topological polar surface area (TPSA) is 0 Å². The summed E-state index contributed by atoms with van der Waals surface area (Å²) >= 11 is 0. The van der Waals surface area contributed by atoms with Gasteiger partial charge < -0.3 is 0 Å². The van der Waals surface area contributed by atoms with Crippen LogP contribution in [0, 0.1) is 62.3 Å². The molecule has 0 spiro atoms. The van der Waals surface area contributed by atoms with Gasteiger partial charge in [0.1, 0.15) is 0 Å². The quantitative estimate of drug-likeness (QED) is 0.521. The van der Waals surface area contributed by atoms with Crippen molar-refractivity contribution in [3.8, 4) is 0 Å². The van der Waals surface area contributed by atoms with Gasteiger partial charge >= 0.3 is 18.9 Å². The zero-order valence-corrected chi connectivity index (χ0v) is 23.2. The molecule has 3 aromatic carbocycles. The molecule has 0 N–H and O–H groups in total. The zero-order valence-electron chi connectivity index (χ0n) is 23.2. The normalized spacial score (nSPS) is 11.5. The fourth-order valence-electron chi connectivity index (χ4n) is 7.28. The van der Waals surface area contributed by atoms with Crippen molar-refractivity contribution < 1.29 is 18.9 Å². The second-order valence-corrected chi connectivity index (χ2v) is 10.6. The Labute approximate surface area is 215 Å². The first-order valence-corrected chi connectivity index (χ1v) is 12.4. The molecule has 170 valence electrons. The SMILES string of the molecule is CCCC[B-](c1c(C)cc(C)cc1C)(c1c(C)cc(C)cc1C)c1c(C)cc(C)cc1C.[Li+]. The Morgan fingerprint density at radius 3 is 0.939 bits per heavy atom. The van der Waals surface area contributed by atoms with E-state index in [-0.39, 0.29) is 18.9 Å². The Morgan fingerprint density at radius 1 is 0.485 bits per heavy atom. The molecule has 0 unspecified atom stereocenters. The van der Waals surface area contributed by atoms with Crippen LogP contribution in [0.25, 0.3) is 0 Å². The summed E-state index contributed by atoms with van der Waals surface area (Å²) in [4.78, 5) is 0. The van der Waals surface area contributed by atoms with Crippen molar-refractivity contribution in [2.24, 2.45) is 0 Å². The third kappa shape index (κ3) is 5.06. The molecule has 0 bridgehead atoms. The standard InChI is InChI=1S/C31H42B.Li/c1-11-12-13-32(29-23(5)14-20(2)15-24(29)6,30-25(7)16-21(3)17-26(30)8)31-27(9)18-22(4)19-28(31)10;/h14-19H,11-13H2,1-10H3;/q-1;+1. The van der Waals surface area contributed by atoms with Gasteiger partial charge in [0.25, 0.3) is 0 Å². The van der Waals surface area contributed by atoms with Gasteiger partial charge in [0.2, 0.25) is 0 Å². The minimum atomic E-state index is -1.11. The molecule has 0 aliphatic rings. The van der Waals surface area contributed by atoms with Gasteiger partial charge in [-0.1, -0.05) is 106 Å². The first kappa shape index (κ1) is 27.6. The summed E-state index contributed by atoms with van der Waals surface area (Å²) in [6.07, 6.45) is 2.52. The van der Waals surface area contributed by atoms with Crippen molar-refractivity contribution in [1.82, 2.24) is 0 Å². The van der Waals surface area contributed by atoms with Gasteiger partial charge in [-0.2, -0.15) is 22.7 Å². The minimum Gasteiger partial charge on any atom is -0.194 e. The molecule has 0 nitrogen and oxygen atoms in total. The molecule has 0 radical (unpaired) electrons. The van der Waals surface area contributed by atoms with Crippen molar-refractivity contribution >= 4 is 22.5 Å². The van der Waals surface area contributed by atoms with Gasteiger partial charge in [0, 0.05) is 0 Å². The largest absolute Gasteiger partial charge is 1.00 e. The van der Waals surface area contributed by atoms with Crippen LogP contribution in [0.2, 0.25) is 6.32 Å². The number of rotatable bonds is 6. The first-order chi connectivity index (χ1) is 15.0. The molecule has 0 aliphatic carbocycles. The van der Waals surface area contributed by atoms with Crippen LogP contribution in [-0.2, 0) is 0 Å². The molecular weight excluding hydrogens is 390 g/mol. The summed E-state index contributed by atoms with van der Waals surface area (Å²) in [5.41, 5.74) is 17.5. The molecule has 3 aromatic rings. The van der Waals surface area contributed by atoms with E-state index in [1.54, 1.807) is 16.4 Å². The smallest absolute Gasteiger partial charge is 0.194 e. The summed E-state index contributed by atoms with van der Waals surface area (Å²) in [5, 5.41) is 0. The van der Waals surface area contributed by atoms with Crippen molar-refractivity contribution in [2.75, 3.05) is 0 Å².